The Hall–Kier alpha value is -2.21. The van der Waals surface area contributed by atoms with E-state index in [0.29, 0.717) is 25.6 Å². The third-order valence-corrected chi connectivity index (χ3v) is 2.33. The molecule has 0 amide bonds. The molecule has 0 radical (unpaired) electrons. The van der Waals surface area contributed by atoms with Gasteiger partial charge in [0.05, 0.1) is 13.2 Å². The normalized spacial score (nSPS) is 9.55. The summed E-state index contributed by atoms with van der Waals surface area (Å²) in [5, 5.41) is 0. The molecule has 0 fully saturated rings. The van der Waals surface area contributed by atoms with Crippen LogP contribution in [0.25, 0.3) is 0 Å². The topological polar surface area (TPSA) is 35.5 Å². The van der Waals surface area contributed by atoms with Crippen LogP contribution in [0.2, 0.25) is 0 Å². The number of esters is 1. The van der Waals surface area contributed by atoms with E-state index in [9.17, 15) is 4.79 Å². The first-order chi connectivity index (χ1) is 9.61. The summed E-state index contributed by atoms with van der Waals surface area (Å²) in [6.07, 6.45) is 1.80. The summed E-state index contributed by atoms with van der Waals surface area (Å²) in [6, 6.07) is 7.64. The molecule has 0 atom stereocenters. The van der Waals surface area contributed by atoms with Crippen LogP contribution in [-0.4, -0.2) is 19.2 Å². The molecule has 3 nitrogen and oxygen atoms in total. The average molecular weight is 272 g/mol. The third-order valence-electron chi connectivity index (χ3n) is 2.33. The van der Waals surface area contributed by atoms with E-state index < -0.39 is 5.97 Å². The fraction of sp³-hybridized carbons (Fsp3) is 0.353. The molecule has 0 aliphatic rings. The molecule has 0 spiro atoms. The van der Waals surface area contributed by atoms with Crippen molar-refractivity contribution in [3.05, 3.63) is 42.5 Å². The van der Waals surface area contributed by atoms with Crippen molar-refractivity contribution in [2.24, 2.45) is 5.92 Å². The molecule has 0 unspecified atom stereocenters. The summed E-state index contributed by atoms with van der Waals surface area (Å²) in [6.45, 7) is 8.28. The zero-order valence-corrected chi connectivity index (χ0v) is 12.0. The predicted octanol–water partition coefficient (Wildman–Crippen LogP) is 3.19. The maximum Gasteiger partial charge on any atom is 0.330 e. The first-order valence-electron chi connectivity index (χ1n) is 6.65. The van der Waals surface area contributed by atoms with Gasteiger partial charge in [-0.1, -0.05) is 32.3 Å². The number of hydrogen-bond donors (Lipinski definition) is 0. The van der Waals surface area contributed by atoms with Gasteiger partial charge in [-0.2, -0.15) is 0 Å². The molecule has 20 heavy (non-hydrogen) atoms. The second-order valence-electron chi connectivity index (χ2n) is 4.52. The van der Waals surface area contributed by atoms with Crippen LogP contribution in [0.15, 0.2) is 36.9 Å². The van der Waals surface area contributed by atoms with Crippen molar-refractivity contribution in [2.45, 2.75) is 20.3 Å². The Bertz CT molecular complexity index is 489. The van der Waals surface area contributed by atoms with Gasteiger partial charge in [-0.3, -0.25) is 0 Å². The van der Waals surface area contributed by atoms with Gasteiger partial charge >= 0.3 is 5.97 Å². The van der Waals surface area contributed by atoms with Crippen molar-refractivity contribution in [1.82, 2.24) is 0 Å². The van der Waals surface area contributed by atoms with E-state index in [1.807, 2.05) is 24.3 Å². The van der Waals surface area contributed by atoms with E-state index in [4.69, 9.17) is 9.47 Å². The zero-order chi connectivity index (χ0) is 14.8. The number of hydrogen-bond acceptors (Lipinski definition) is 3. The molecule has 0 saturated carbocycles. The summed E-state index contributed by atoms with van der Waals surface area (Å²) in [5.41, 5.74) is 0.978. The molecule has 1 aromatic carbocycles. The van der Waals surface area contributed by atoms with E-state index in [0.717, 1.165) is 17.4 Å². The monoisotopic (exact) mass is 272 g/mol. The average Bonchev–Trinajstić information content (AvgIpc) is 2.45. The minimum absolute atomic E-state index is 0.336. The molecule has 0 aliphatic heterocycles. The lowest BCUT2D eigenvalue weighted by Crippen LogP contribution is -2.06. The molecule has 0 aliphatic carbocycles. The standard InChI is InChI=1S/C17H20O3/c1-4-17(18)20-13-5-12-19-16-10-8-15(9-11-16)7-6-14(2)3/h4,8-11,14H,1,5,12-13H2,2-3H3. The van der Waals surface area contributed by atoms with Crippen LogP contribution < -0.4 is 4.74 Å². The number of carbonyl (C=O) groups excluding carboxylic acids is 1. The first kappa shape index (κ1) is 15.8. The Morgan fingerprint density at radius 3 is 2.60 bits per heavy atom. The van der Waals surface area contributed by atoms with E-state index in [2.05, 4.69) is 32.3 Å². The SMILES string of the molecule is C=CC(=O)OCCCOc1ccc(C#CC(C)C)cc1. The number of benzene rings is 1. The minimum Gasteiger partial charge on any atom is -0.493 e. The van der Waals surface area contributed by atoms with Gasteiger partial charge in [-0.15, -0.1) is 0 Å². The maximum atomic E-state index is 10.8. The molecule has 3 heteroatoms. The molecule has 0 aromatic heterocycles. The molecule has 106 valence electrons. The van der Waals surface area contributed by atoms with Gasteiger partial charge in [0.2, 0.25) is 0 Å². The van der Waals surface area contributed by atoms with Crippen LogP contribution in [0.3, 0.4) is 0 Å². The van der Waals surface area contributed by atoms with Crippen LogP contribution in [-0.2, 0) is 9.53 Å². The van der Waals surface area contributed by atoms with Gasteiger partial charge in [-0.05, 0) is 24.3 Å². The highest BCUT2D eigenvalue weighted by molar-refractivity contribution is 5.81. The van der Waals surface area contributed by atoms with Gasteiger partial charge in [-0.25, -0.2) is 4.79 Å². The molecule has 1 aromatic rings. The van der Waals surface area contributed by atoms with E-state index >= 15 is 0 Å². The first-order valence-corrected chi connectivity index (χ1v) is 6.65. The van der Waals surface area contributed by atoms with Crippen molar-refractivity contribution in [3.8, 4) is 17.6 Å². The molecule has 0 heterocycles. The summed E-state index contributed by atoms with van der Waals surface area (Å²) < 4.78 is 10.4. The number of ether oxygens (including phenoxy) is 2. The van der Waals surface area contributed by atoms with Crippen molar-refractivity contribution in [1.29, 1.82) is 0 Å². The fourth-order valence-corrected chi connectivity index (χ4v) is 1.34. The van der Waals surface area contributed by atoms with Crippen molar-refractivity contribution >= 4 is 5.97 Å². The second kappa shape index (κ2) is 8.82. The molecular weight excluding hydrogens is 252 g/mol. The lowest BCUT2D eigenvalue weighted by atomic mass is 10.2. The third kappa shape index (κ3) is 6.65. The molecular formula is C17H20O3. The van der Waals surface area contributed by atoms with Gasteiger partial charge in [0.25, 0.3) is 0 Å². The Kier molecular flexibility index (Phi) is 6.99. The lowest BCUT2D eigenvalue weighted by Gasteiger charge is -2.06. The summed E-state index contributed by atoms with van der Waals surface area (Å²) in [4.78, 5) is 10.8. The number of carbonyl (C=O) groups is 1. The van der Waals surface area contributed by atoms with Crippen molar-refractivity contribution < 1.29 is 14.3 Å². The Labute approximate surface area is 120 Å². The Morgan fingerprint density at radius 2 is 2.00 bits per heavy atom. The highest BCUT2D eigenvalue weighted by Crippen LogP contribution is 2.12. The van der Waals surface area contributed by atoms with E-state index in [1.54, 1.807) is 0 Å². The van der Waals surface area contributed by atoms with Gasteiger partial charge in [0.15, 0.2) is 0 Å². The van der Waals surface area contributed by atoms with E-state index in [-0.39, 0.29) is 0 Å². The summed E-state index contributed by atoms with van der Waals surface area (Å²) in [7, 11) is 0. The largest absolute Gasteiger partial charge is 0.493 e. The highest BCUT2D eigenvalue weighted by Gasteiger charge is 1.97. The van der Waals surface area contributed by atoms with Gasteiger partial charge in [0.1, 0.15) is 5.75 Å². The maximum absolute atomic E-state index is 10.8. The Balaban J connectivity index is 2.30. The highest BCUT2D eigenvalue weighted by atomic mass is 16.5. The van der Waals surface area contributed by atoms with E-state index in [1.165, 1.54) is 0 Å². The molecule has 0 saturated heterocycles. The smallest absolute Gasteiger partial charge is 0.330 e. The van der Waals surface area contributed by atoms with Crippen molar-refractivity contribution in [3.63, 3.8) is 0 Å². The number of rotatable bonds is 6. The zero-order valence-electron chi connectivity index (χ0n) is 12.0. The molecule has 0 N–H and O–H groups in total. The quantitative estimate of drug-likeness (QED) is 0.345. The molecule has 0 bridgehead atoms. The van der Waals surface area contributed by atoms with Crippen LogP contribution in [0.4, 0.5) is 0 Å². The fourth-order valence-electron chi connectivity index (χ4n) is 1.34. The van der Waals surface area contributed by atoms with Gasteiger partial charge in [0, 0.05) is 24.0 Å². The van der Waals surface area contributed by atoms with Crippen LogP contribution in [0.5, 0.6) is 5.75 Å². The van der Waals surface area contributed by atoms with Gasteiger partial charge < -0.3 is 9.47 Å². The predicted molar refractivity (Wildman–Crippen MR) is 79.4 cm³/mol. The van der Waals surface area contributed by atoms with Crippen molar-refractivity contribution in [2.75, 3.05) is 13.2 Å². The molecule has 1 rings (SSSR count). The van der Waals surface area contributed by atoms with Crippen LogP contribution in [0, 0.1) is 17.8 Å². The second-order valence-corrected chi connectivity index (χ2v) is 4.52. The summed E-state index contributed by atoms with van der Waals surface area (Å²) >= 11 is 0. The Morgan fingerprint density at radius 1 is 1.30 bits per heavy atom. The lowest BCUT2D eigenvalue weighted by molar-refractivity contribution is -0.137. The van der Waals surface area contributed by atoms with Crippen LogP contribution in [0.1, 0.15) is 25.8 Å². The van der Waals surface area contributed by atoms with Crippen LogP contribution >= 0.6 is 0 Å². The minimum atomic E-state index is -0.405. The summed E-state index contributed by atoms with van der Waals surface area (Å²) in [5.74, 6) is 6.95.